The van der Waals surface area contributed by atoms with Crippen molar-refractivity contribution in [1.82, 2.24) is 4.68 Å². The molecule has 2 nitrogen and oxygen atoms in total. The number of hydrogen-bond acceptors (Lipinski definition) is 1. The van der Waals surface area contributed by atoms with Crippen LogP contribution in [0.1, 0.15) is 39.5 Å². The zero-order chi connectivity index (χ0) is 9.52. The molecule has 1 aromatic rings. The minimum Gasteiger partial charge on any atom is -0.323 e. The van der Waals surface area contributed by atoms with Crippen molar-refractivity contribution in [3.8, 4) is 0 Å². The summed E-state index contributed by atoms with van der Waals surface area (Å²) in [6, 6.07) is 4.50. The van der Waals surface area contributed by atoms with Gasteiger partial charge in [-0.2, -0.15) is 0 Å². The maximum atomic E-state index is 3.42. The number of aromatic nitrogens is 1. The van der Waals surface area contributed by atoms with E-state index in [9.17, 15) is 0 Å². The van der Waals surface area contributed by atoms with Gasteiger partial charge in [0.1, 0.15) is 0 Å². The van der Waals surface area contributed by atoms with Crippen LogP contribution in [-0.2, 0) is 0 Å². The third-order valence-corrected chi connectivity index (χ3v) is 2.14. The van der Waals surface area contributed by atoms with Crippen LogP contribution in [0, 0.1) is 6.20 Å². The summed E-state index contributed by atoms with van der Waals surface area (Å²) < 4.78 is 1.93. The highest BCUT2D eigenvalue weighted by atomic mass is 15.4. The Labute approximate surface area is 80.9 Å². The van der Waals surface area contributed by atoms with Gasteiger partial charge < -0.3 is 5.43 Å². The molecule has 1 radical (unpaired) electrons. The lowest BCUT2D eigenvalue weighted by Crippen LogP contribution is -2.26. The molecule has 1 rings (SSSR count). The topological polar surface area (TPSA) is 17.0 Å². The molecule has 1 N–H and O–H groups in total. The average Bonchev–Trinajstić information content (AvgIpc) is 2.58. The minimum absolute atomic E-state index is 0.596. The van der Waals surface area contributed by atoms with Gasteiger partial charge in [0, 0.05) is 12.2 Å². The molecule has 0 spiro atoms. The second-order valence-electron chi connectivity index (χ2n) is 3.41. The van der Waals surface area contributed by atoms with E-state index >= 15 is 0 Å². The van der Waals surface area contributed by atoms with Gasteiger partial charge in [0.15, 0.2) is 0 Å². The lowest BCUT2D eigenvalue weighted by atomic mass is 10.1. The molecular formula is C11H19N2. The Balaban J connectivity index is 2.37. The highest BCUT2D eigenvalue weighted by molar-refractivity contribution is 4.93. The van der Waals surface area contributed by atoms with E-state index in [2.05, 4.69) is 25.5 Å². The van der Waals surface area contributed by atoms with E-state index < -0.39 is 0 Å². The molecule has 0 fully saturated rings. The molecule has 0 amide bonds. The van der Waals surface area contributed by atoms with E-state index in [0.29, 0.717) is 6.04 Å². The molecule has 2 heteroatoms. The number of hydrogen-bond donors (Lipinski definition) is 1. The van der Waals surface area contributed by atoms with E-state index in [1.807, 2.05) is 23.0 Å². The lowest BCUT2D eigenvalue weighted by molar-refractivity contribution is 0.539. The number of rotatable bonds is 6. The third kappa shape index (κ3) is 3.53. The first kappa shape index (κ1) is 10.2. The van der Waals surface area contributed by atoms with Gasteiger partial charge in [0.2, 0.25) is 0 Å². The summed E-state index contributed by atoms with van der Waals surface area (Å²) in [6.45, 7) is 4.45. The van der Waals surface area contributed by atoms with Crippen molar-refractivity contribution in [3.63, 3.8) is 0 Å². The molecule has 0 saturated heterocycles. The maximum absolute atomic E-state index is 3.42. The van der Waals surface area contributed by atoms with Crippen LogP contribution in [0.4, 0.5) is 0 Å². The minimum atomic E-state index is 0.596. The summed E-state index contributed by atoms with van der Waals surface area (Å²) in [6.07, 6.45) is 10.0. The summed E-state index contributed by atoms with van der Waals surface area (Å²) in [4.78, 5) is 0. The van der Waals surface area contributed by atoms with Crippen LogP contribution in [0.5, 0.6) is 0 Å². The van der Waals surface area contributed by atoms with Crippen molar-refractivity contribution < 1.29 is 0 Å². The molecule has 73 valence electrons. The Kier molecular flexibility index (Phi) is 4.44. The molecule has 0 aromatic carbocycles. The summed E-state index contributed by atoms with van der Waals surface area (Å²) >= 11 is 0. The average molecular weight is 179 g/mol. The van der Waals surface area contributed by atoms with Gasteiger partial charge >= 0.3 is 0 Å². The van der Waals surface area contributed by atoms with E-state index in [1.54, 1.807) is 0 Å². The van der Waals surface area contributed by atoms with Gasteiger partial charge in [-0.25, -0.2) is 0 Å². The fourth-order valence-corrected chi connectivity index (χ4v) is 1.54. The normalized spacial score (nSPS) is 10.7. The zero-order valence-electron chi connectivity index (χ0n) is 8.59. The van der Waals surface area contributed by atoms with Gasteiger partial charge in [0.05, 0.1) is 6.20 Å². The molecule has 1 aromatic heterocycles. The van der Waals surface area contributed by atoms with Gasteiger partial charge in [-0.1, -0.05) is 26.7 Å². The molecule has 0 aliphatic rings. The first-order valence-corrected chi connectivity index (χ1v) is 5.18. The Morgan fingerprint density at radius 2 is 2.00 bits per heavy atom. The van der Waals surface area contributed by atoms with Gasteiger partial charge in [-0.05, 0) is 25.0 Å². The van der Waals surface area contributed by atoms with Crippen LogP contribution >= 0.6 is 0 Å². The molecule has 0 saturated carbocycles. The van der Waals surface area contributed by atoms with Crippen LogP contribution in [0.3, 0.4) is 0 Å². The van der Waals surface area contributed by atoms with Gasteiger partial charge in [-0.3, -0.25) is 4.68 Å². The molecular weight excluding hydrogens is 160 g/mol. The molecule has 13 heavy (non-hydrogen) atoms. The summed E-state index contributed by atoms with van der Waals surface area (Å²) in [5, 5.41) is 0. The van der Waals surface area contributed by atoms with Crippen molar-refractivity contribution in [1.29, 1.82) is 0 Å². The monoisotopic (exact) mass is 179 g/mol. The molecule has 0 bridgehead atoms. The number of nitrogens with one attached hydrogen (secondary N) is 1. The van der Waals surface area contributed by atoms with E-state index in [4.69, 9.17) is 0 Å². The zero-order valence-corrected chi connectivity index (χ0v) is 8.59. The Bertz CT molecular complexity index is 198. The Morgan fingerprint density at radius 1 is 1.31 bits per heavy atom. The summed E-state index contributed by atoms with van der Waals surface area (Å²) in [5.41, 5.74) is 3.42. The van der Waals surface area contributed by atoms with Crippen LogP contribution in [0.25, 0.3) is 0 Å². The van der Waals surface area contributed by atoms with E-state index in [1.165, 1.54) is 25.7 Å². The van der Waals surface area contributed by atoms with Crippen LogP contribution in [0.15, 0.2) is 18.3 Å². The summed E-state index contributed by atoms with van der Waals surface area (Å²) in [5.74, 6) is 0. The fourth-order valence-electron chi connectivity index (χ4n) is 1.54. The third-order valence-electron chi connectivity index (χ3n) is 2.14. The molecule has 1 heterocycles. The van der Waals surface area contributed by atoms with Crippen LogP contribution in [0.2, 0.25) is 0 Å². The summed E-state index contributed by atoms with van der Waals surface area (Å²) in [7, 11) is 0. The second-order valence-corrected chi connectivity index (χ2v) is 3.41. The quantitative estimate of drug-likeness (QED) is 0.710. The van der Waals surface area contributed by atoms with Crippen molar-refractivity contribution in [2.45, 2.75) is 45.6 Å². The van der Waals surface area contributed by atoms with Crippen molar-refractivity contribution in [2.24, 2.45) is 0 Å². The van der Waals surface area contributed by atoms with Gasteiger partial charge in [-0.15, -0.1) is 0 Å². The second kappa shape index (κ2) is 5.68. The van der Waals surface area contributed by atoms with Crippen molar-refractivity contribution in [2.75, 3.05) is 5.43 Å². The predicted molar refractivity (Wildman–Crippen MR) is 56.2 cm³/mol. The fraction of sp³-hybridized carbons (Fsp3) is 0.636. The number of nitrogens with zero attached hydrogens (tertiary/aromatic N) is 1. The first-order valence-electron chi connectivity index (χ1n) is 5.18. The van der Waals surface area contributed by atoms with E-state index in [-0.39, 0.29) is 0 Å². The Hall–Kier alpha value is -0.920. The first-order chi connectivity index (χ1) is 6.36. The van der Waals surface area contributed by atoms with Crippen molar-refractivity contribution >= 4 is 0 Å². The van der Waals surface area contributed by atoms with Crippen molar-refractivity contribution in [3.05, 3.63) is 24.5 Å². The highest BCUT2D eigenvalue weighted by Crippen LogP contribution is 2.05. The van der Waals surface area contributed by atoms with E-state index in [0.717, 1.165) is 0 Å². The Morgan fingerprint density at radius 3 is 2.46 bits per heavy atom. The molecule has 0 unspecified atom stereocenters. The molecule has 0 atom stereocenters. The van der Waals surface area contributed by atoms with Gasteiger partial charge in [0.25, 0.3) is 0 Å². The molecule has 0 aliphatic heterocycles. The smallest absolute Gasteiger partial charge is 0.0876 e. The SMILES string of the molecule is CCCC(CCC)Nn1[c]ccc1. The highest BCUT2D eigenvalue weighted by Gasteiger charge is 2.04. The molecule has 0 aliphatic carbocycles. The largest absolute Gasteiger partial charge is 0.323 e. The predicted octanol–water partition coefficient (Wildman–Crippen LogP) is 2.80. The standard InChI is InChI=1S/C11H19N2/c1-3-7-11(8-4-2)12-13-9-5-6-10-13/h5-6,9,11-12H,3-4,7-8H2,1-2H3. The maximum Gasteiger partial charge on any atom is 0.0876 e. The van der Waals surface area contributed by atoms with Crippen LogP contribution in [-0.4, -0.2) is 10.7 Å². The lowest BCUT2D eigenvalue weighted by Gasteiger charge is -2.18. The van der Waals surface area contributed by atoms with Crippen LogP contribution < -0.4 is 5.43 Å².